The molecular weight excluding hydrogens is 280 g/mol. The molecule has 0 radical (unpaired) electrons. The van der Waals surface area contributed by atoms with Gasteiger partial charge >= 0.3 is 0 Å². The van der Waals surface area contributed by atoms with Crippen LogP contribution in [0.25, 0.3) is 0 Å². The smallest absolute Gasteiger partial charge is 0.188 e. The number of aryl methyl sites for hydroxylation is 1. The van der Waals surface area contributed by atoms with Gasteiger partial charge in [-0.05, 0) is 35.8 Å². The molecule has 1 aromatic carbocycles. The quantitative estimate of drug-likeness (QED) is 0.901. The van der Waals surface area contributed by atoms with Gasteiger partial charge in [0.15, 0.2) is 5.82 Å². The molecule has 0 amide bonds. The van der Waals surface area contributed by atoms with Gasteiger partial charge < -0.3 is 4.74 Å². The average molecular weight is 298 g/mol. The zero-order valence-electron chi connectivity index (χ0n) is 12.5. The number of hydrogen-bond acceptors (Lipinski definition) is 6. The lowest BCUT2D eigenvalue weighted by Crippen LogP contribution is -2.46. The van der Waals surface area contributed by atoms with E-state index in [1.807, 2.05) is 24.3 Å². The van der Waals surface area contributed by atoms with Gasteiger partial charge in [-0.15, -0.1) is 10.2 Å². The number of rotatable bonds is 4. The van der Waals surface area contributed by atoms with Crippen LogP contribution in [-0.4, -0.2) is 33.4 Å². The Morgan fingerprint density at radius 2 is 2.05 bits per heavy atom. The molecule has 7 nitrogen and oxygen atoms in total. The predicted octanol–water partition coefficient (Wildman–Crippen LogP) is 0.877. The molecule has 0 bridgehead atoms. The number of aromatic nitrogens is 4. The second-order valence-electron chi connectivity index (χ2n) is 5.43. The summed E-state index contributed by atoms with van der Waals surface area (Å²) < 4.78 is 5.51. The maximum absolute atomic E-state index is 8.95. The summed E-state index contributed by atoms with van der Waals surface area (Å²) in [5.41, 5.74) is 1.66. The Morgan fingerprint density at radius 1 is 1.32 bits per heavy atom. The van der Waals surface area contributed by atoms with Crippen molar-refractivity contribution in [2.75, 3.05) is 13.2 Å². The largest absolute Gasteiger partial charge is 0.381 e. The van der Waals surface area contributed by atoms with E-state index in [2.05, 4.69) is 26.8 Å². The van der Waals surface area contributed by atoms with E-state index in [9.17, 15) is 0 Å². The van der Waals surface area contributed by atoms with Crippen molar-refractivity contribution in [2.24, 2.45) is 7.05 Å². The fraction of sp³-hybridized carbons (Fsp3) is 0.467. The standard InChI is InChI=1S/C15H18N6O/c1-21-19-14(18-20-21)11-17-15(6-8-22-9-7-15)13-4-2-12(10-16)3-5-13/h2-5,17H,6-9,11H2,1H3. The topological polar surface area (TPSA) is 88.7 Å². The molecule has 1 aromatic heterocycles. The van der Waals surface area contributed by atoms with Crippen LogP contribution < -0.4 is 5.32 Å². The van der Waals surface area contributed by atoms with E-state index in [1.165, 1.54) is 10.4 Å². The third kappa shape index (κ3) is 2.98. The minimum absolute atomic E-state index is 0.175. The first-order chi connectivity index (χ1) is 10.7. The number of nitriles is 1. The monoisotopic (exact) mass is 298 g/mol. The summed E-state index contributed by atoms with van der Waals surface area (Å²) in [7, 11) is 1.75. The molecule has 0 saturated carbocycles. The summed E-state index contributed by atoms with van der Waals surface area (Å²) in [6.07, 6.45) is 1.75. The van der Waals surface area contributed by atoms with Crippen molar-refractivity contribution in [3.8, 4) is 6.07 Å². The van der Waals surface area contributed by atoms with E-state index in [0.717, 1.165) is 12.8 Å². The highest BCUT2D eigenvalue weighted by atomic mass is 16.5. The molecule has 22 heavy (non-hydrogen) atoms. The van der Waals surface area contributed by atoms with Gasteiger partial charge in [-0.25, -0.2) is 0 Å². The van der Waals surface area contributed by atoms with Gasteiger partial charge in [0.2, 0.25) is 0 Å². The van der Waals surface area contributed by atoms with Gasteiger partial charge in [0.25, 0.3) is 0 Å². The molecule has 0 aliphatic carbocycles. The van der Waals surface area contributed by atoms with Gasteiger partial charge in [-0.1, -0.05) is 12.1 Å². The van der Waals surface area contributed by atoms with Crippen LogP contribution in [0.4, 0.5) is 0 Å². The molecule has 0 spiro atoms. The van der Waals surface area contributed by atoms with E-state index in [1.54, 1.807) is 7.05 Å². The van der Waals surface area contributed by atoms with Gasteiger partial charge in [0, 0.05) is 18.8 Å². The summed E-state index contributed by atoms with van der Waals surface area (Å²) in [5.74, 6) is 0.669. The minimum atomic E-state index is -0.175. The van der Waals surface area contributed by atoms with Crippen LogP contribution in [0.3, 0.4) is 0 Å². The van der Waals surface area contributed by atoms with E-state index in [-0.39, 0.29) is 5.54 Å². The van der Waals surface area contributed by atoms with Crippen molar-refractivity contribution in [1.82, 2.24) is 25.5 Å². The van der Waals surface area contributed by atoms with E-state index < -0.39 is 0 Å². The summed E-state index contributed by atoms with van der Waals surface area (Å²) in [5, 5.41) is 24.6. The highest BCUT2D eigenvalue weighted by Crippen LogP contribution is 2.32. The van der Waals surface area contributed by atoms with Crippen molar-refractivity contribution in [3.05, 3.63) is 41.2 Å². The van der Waals surface area contributed by atoms with Crippen molar-refractivity contribution in [2.45, 2.75) is 24.9 Å². The molecule has 1 saturated heterocycles. The molecule has 1 N–H and O–H groups in total. The van der Waals surface area contributed by atoms with Crippen LogP contribution in [0, 0.1) is 11.3 Å². The van der Waals surface area contributed by atoms with E-state index in [4.69, 9.17) is 10.00 Å². The lowest BCUT2D eigenvalue weighted by atomic mass is 9.82. The highest BCUT2D eigenvalue weighted by Gasteiger charge is 2.34. The normalized spacial score (nSPS) is 17.1. The number of benzene rings is 1. The Bertz CT molecular complexity index is 666. The second kappa shape index (κ2) is 6.22. The Labute approximate surface area is 128 Å². The zero-order valence-corrected chi connectivity index (χ0v) is 12.5. The Hall–Kier alpha value is -2.30. The molecule has 1 fully saturated rings. The van der Waals surface area contributed by atoms with E-state index in [0.29, 0.717) is 31.1 Å². The second-order valence-corrected chi connectivity index (χ2v) is 5.43. The summed E-state index contributed by atoms with van der Waals surface area (Å²) in [4.78, 5) is 1.45. The van der Waals surface area contributed by atoms with Crippen LogP contribution >= 0.6 is 0 Å². The number of ether oxygens (including phenoxy) is 1. The van der Waals surface area contributed by atoms with Crippen molar-refractivity contribution >= 4 is 0 Å². The van der Waals surface area contributed by atoms with Crippen molar-refractivity contribution < 1.29 is 4.74 Å². The molecule has 7 heteroatoms. The predicted molar refractivity (Wildman–Crippen MR) is 78.5 cm³/mol. The molecule has 0 atom stereocenters. The maximum atomic E-state index is 8.95. The first-order valence-corrected chi connectivity index (χ1v) is 7.28. The van der Waals surface area contributed by atoms with Gasteiger partial charge in [0.05, 0.1) is 25.2 Å². The molecule has 0 unspecified atom stereocenters. The Morgan fingerprint density at radius 3 is 2.64 bits per heavy atom. The summed E-state index contributed by atoms with van der Waals surface area (Å²) >= 11 is 0. The molecule has 1 aliphatic rings. The van der Waals surface area contributed by atoms with Crippen LogP contribution in [0.5, 0.6) is 0 Å². The van der Waals surface area contributed by atoms with Crippen molar-refractivity contribution in [3.63, 3.8) is 0 Å². The summed E-state index contributed by atoms with van der Waals surface area (Å²) in [6.45, 7) is 1.97. The molecule has 3 rings (SSSR count). The fourth-order valence-corrected chi connectivity index (χ4v) is 2.79. The third-order valence-electron chi connectivity index (χ3n) is 4.05. The third-order valence-corrected chi connectivity index (χ3v) is 4.05. The number of hydrogen-bond donors (Lipinski definition) is 1. The zero-order chi connectivity index (χ0) is 15.4. The number of nitrogens with one attached hydrogen (secondary N) is 1. The lowest BCUT2D eigenvalue weighted by molar-refractivity contribution is 0.0355. The van der Waals surface area contributed by atoms with Gasteiger partial charge in [-0.2, -0.15) is 10.1 Å². The Kier molecular flexibility index (Phi) is 4.13. The molecule has 1 aliphatic heterocycles. The summed E-state index contributed by atoms with van der Waals surface area (Å²) in [6, 6.07) is 9.90. The first-order valence-electron chi connectivity index (χ1n) is 7.28. The average Bonchev–Trinajstić information content (AvgIpc) is 2.99. The van der Waals surface area contributed by atoms with Crippen LogP contribution in [-0.2, 0) is 23.9 Å². The van der Waals surface area contributed by atoms with E-state index >= 15 is 0 Å². The molecular formula is C15H18N6O. The molecule has 2 heterocycles. The van der Waals surface area contributed by atoms with Crippen molar-refractivity contribution in [1.29, 1.82) is 5.26 Å². The SMILES string of the molecule is Cn1nnc(CNC2(c3ccc(C#N)cc3)CCOCC2)n1. The van der Waals surface area contributed by atoms with Crippen LogP contribution in [0.1, 0.15) is 29.8 Å². The maximum Gasteiger partial charge on any atom is 0.188 e. The number of tetrazole rings is 1. The Balaban J connectivity index is 1.82. The highest BCUT2D eigenvalue weighted by molar-refractivity contribution is 5.35. The fourth-order valence-electron chi connectivity index (χ4n) is 2.79. The van der Waals surface area contributed by atoms with Gasteiger partial charge in [0.1, 0.15) is 0 Å². The lowest BCUT2D eigenvalue weighted by Gasteiger charge is -2.38. The number of nitrogens with zero attached hydrogens (tertiary/aromatic N) is 5. The molecule has 114 valence electrons. The first kappa shape index (κ1) is 14.6. The molecule has 2 aromatic rings. The van der Waals surface area contributed by atoms with Crippen LogP contribution in [0.15, 0.2) is 24.3 Å². The van der Waals surface area contributed by atoms with Gasteiger partial charge in [-0.3, -0.25) is 5.32 Å². The van der Waals surface area contributed by atoms with Crippen LogP contribution in [0.2, 0.25) is 0 Å². The minimum Gasteiger partial charge on any atom is -0.381 e.